The summed E-state index contributed by atoms with van der Waals surface area (Å²) in [6.45, 7) is 1.43. The first-order chi connectivity index (χ1) is 8.95. The fourth-order valence-corrected chi connectivity index (χ4v) is 1.55. The summed E-state index contributed by atoms with van der Waals surface area (Å²) in [5.74, 6) is -4.42. The van der Waals surface area contributed by atoms with Crippen molar-refractivity contribution < 1.29 is 13.2 Å². The number of benzene rings is 1. The molecule has 4 nitrogen and oxygen atoms in total. The standard InChI is InChI=1S/C12H6F3N3O/c1-6-4-10(19)8(5-16)17-18(6)9-3-2-7(13)11(14)12(9)15/h2-4H,1H3. The van der Waals surface area contributed by atoms with Gasteiger partial charge in [0.15, 0.2) is 17.5 Å². The van der Waals surface area contributed by atoms with Crippen LogP contribution in [0.15, 0.2) is 23.0 Å². The molecule has 0 N–H and O–H groups in total. The van der Waals surface area contributed by atoms with Crippen LogP contribution in [0.25, 0.3) is 5.69 Å². The van der Waals surface area contributed by atoms with Crippen LogP contribution in [0, 0.1) is 35.7 Å². The van der Waals surface area contributed by atoms with Gasteiger partial charge in [-0.2, -0.15) is 10.4 Å². The highest BCUT2D eigenvalue weighted by molar-refractivity contribution is 5.36. The Kier molecular flexibility index (Phi) is 3.09. The zero-order chi connectivity index (χ0) is 14.2. The number of nitriles is 1. The molecular weight excluding hydrogens is 259 g/mol. The molecule has 0 amide bonds. The van der Waals surface area contributed by atoms with Crippen LogP contribution in [-0.4, -0.2) is 9.78 Å². The Balaban J connectivity index is 2.77. The molecule has 19 heavy (non-hydrogen) atoms. The summed E-state index contributed by atoms with van der Waals surface area (Å²) in [4.78, 5) is 11.3. The number of aryl methyl sites for hydroxylation is 1. The molecule has 0 saturated heterocycles. The monoisotopic (exact) mass is 265 g/mol. The molecule has 7 heteroatoms. The van der Waals surface area contributed by atoms with E-state index in [1.165, 1.54) is 6.92 Å². The largest absolute Gasteiger partial charge is 0.287 e. The van der Waals surface area contributed by atoms with E-state index in [4.69, 9.17) is 5.26 Å². The van der Waals surface area contributed by atoms with E-state index >= 15 is 0 Å². The van der Waals surface area contributed by atoms with E-state index in [1.807, 2.05) is 0 Å². The normalized spacial score (nSPS) is 10.3. The first-order valence-corrected chi connectivity index (χ1v) is 5.10. The van der Waals surface area contributed by atoms with E-state index in [0.717, 1.165) is 22.9 Å². The second-order valence-corrected chi connectivity index (χ2v) is 3.72. The van der Waals surface area contributed by atoms with Crippen LogP contribution in [0.3, 0.4) is 0 Å². The number of aromatic nitrogens is 2. The molecule has 0 aliphatic heterocycles. The average molecular weight is 265 g/mol. The van der Waals surface area contributed by atoms with E-state index in [-0.39, 0.29) is 11.4 Å². The molecule has 0 saturated carbocycles. The van der Waals surface area contributed by atoms with Gasteiger partial charge in [0.25, 0.3) is 0 Å². The molecule has 1 aromatic heterocycles. The highest BCUT2D eigenvalue weighted by Gasteiger charge is 2.17. The zero-order valence-corrected chi connectivity index (χ0v) is 9.62. The van der Waals surface area contributed by atoms with Crippen molar-refractivity contribution in [3.05, 3.63) is 57.3 Å². The molecule has 96 valence electrons. The molecule has 0 spiro atoms. The van der Waals surface area contributed by atoms with Crippen LogP contribution in [0.5, 0.6) is 0 Å². The van der Waals surface area contributed by atoms with Gasteiger partial charge in [0.1, 0.15) is 11.8 Å². The van der Waals surface area contributed by atoms with Crippen LogP contribution < -0.4 is 5.43 Å². The molecule has 0 aliphatic rings. The summed E-state index contributed by atoms with van der Waals surface area (Å²) < 4.78 is 40.5. The summed E-state index contributed by atoms with van der Waals surface area (Å²) in [7, 11) is 0. The average Bonchev–Trinajstić information content (AvgIpc) is 2.37. The molecule has 1 heterocycles. The molecule has 0 fully saturated rings. The lowest BCUT2D eigenvalue weighted by Gasteiger charge is -2.10. The summed E-state index contributed by atoms with van der Waals surface area (Å²) in [6.07, 6.45) is 0. The van der Waals surface area contributed by atoms with Crippen LogP contribution >= 0.6 is 0 Å². The maximum Gasteiger partial charge on any atom is 0.218 e. The van der Waals surface area contributed by atoms with Crippen molar-refractivity contribution in [2.75, 3.05) is 0 Å². The van der Waals surface area contributed by atoms with Crippen LogP contribution in [0.1, 0.15) is 11.4 Å². The lowest BCUT2D eigenvalue weighted by atomic mass is 10.2. The van der Waals surface area contributed by atoms with E-state index in [9.17, 15) is 18.0 Å². The van der Waals surface area contributed by atoms with Crippen molar-refractivity contribution in [3.8, 4) is 11.8 Å². The van der Waals surface area contributed by atoms with Gasteiger partial charge in [0, 0.05) is 11.8 Å². The molecule has 0 unspecified atom stereocenters. The Bertz CT molecular complexity index is 762. The minimum atomic E-state index is -1.64. The van der Waals surface area contributed by atoms with Gasteiger partial charge < -0.3 is 0 Å². The Morgan fingerprint density at radius 3 is 2.58 bits per heavy atom. The highest BCUT2D eigenvalue weighted by Crippen LogP contribution is 2.19. The van der Waals surface area contributed by atoms with Gasteiger partial charge >= 0.3 is 0 Å². The van der Waals surface area contributed by atoms with E-state index < -0.39 is 28.6 Å². The Morgan fingerprint density at radius 1 is 1.26 bits per heavy atom. The Morgan fingerprint density at radius 2 is 1.95 bits per heavy atom. The smallest absolute Gasteiger partial charge is 0.218 e. The van der Waals surface area contributed by atoms with Gasteiger partial charge in [-0.1, -0.05) is 0 Å². The zero-order valence-electron chi connectivity index (χ0n) is 9.62. The number of halogens is 3. The molecule has 2 aromatic rings. The third kappa shape index (κ3) is 2.08. The second kappa shape index (κ2) is 4.57. The molecule has 0 atom stereocenters. The Labute approximate surface area is 105 Å². The molecule has 1 aromatic carbocycles. The Hall–Kier alpha value is -2.62. The van der Waals surface area contributed by atoms with E-state index in [1.54, 1.807) is 6.07 Å². The summed E-state index contributed by atoms with van der Waals surface area (Å²) in [5, 5.41) is 12.3. The minimum Gasteiger partial charge on any atom is -0.287 e. The summed E-state index contributed by atoms with van der Waals surface area (Å²) in [5.41, 5.74) is -1.28. The molecule has 0 aliphatic carbocycles. The van der Waals surface area contributed by atoms with Crippen molar-refractivity contribution in [1.29, 1.82) is 5.26 Å². The molecule has 0 bridgehead atoms. The van der Waals surface area contributed by atoms with Crippen molar-refractivity contribution in [2.24, 2.45) is 0 Å². The highest BCUT2D eigenvalue weighted by atomic mass is 19.2. The fourth-order valence-electron chi connectivity index (χ4n) is 1.55. The van der Waals surface area contributed by atoms with Gasteiger partial charge in [-0.05, 0) is 19.1 Å². The second-order valence-electron chi connectivity index (χ2n) is 3.72. The predicted molar refractivity (Wildman–Crippen MR) is 59.2 cm³/mol. The van der Waals surface area contributed by atoms with Crippen molar-refractivity contribution >= 4 is 0 Å². The van der Waals surface area contributed by atoms with Crippen LogP contribution in [-0.2, 0) is 0 Å². The van der Waals surface area contributed by atoms with Gasteiger partial charge in [0.2, 0.25) is 11.1 Å². The van der Waals surface area contributed by atoms with Gasteiger partial charge in [-0.3, -0.25) is 4.79 Å². The van der Waals surface area contributed by atoms with E-state index in [0.29, 0.717) is 0 Å². The SMILES string of the molecule is Cc1cc(=O)c(C#N)nn1-c1ccc(F)c(F)c1F. The van der Waals surface area contributed by atoms with Crippen molar-refractivity contribution in [2.45, 2.75) is 6.92 Å². The van der Waals surface area contributed by atoms with Gasteiger partial charge in [-0.25, -0.2) is 17.9 Å². The van der Waals surface area contributed by atoms with Crippen LogP contribution in [0.4, 0.5) is 13.2 Å². The maximum atomic E-state index is 13.6. The van der Waals surface area contributed by atoms with Crippen molar-refractivity contribution in [3.63, 3.8) is 0 Å². The van der Waals surface area contributed by atoms with E-state index in [2.05, 4.69) is 5.10 Å². The first-order valence-electron chi connectivity index (χ1n) is 5.10. The van der Waals surface area contributed by atoms with Gasteiger partial charge in [-0.15, -0.1) is 0 Å². The summed E-state index contributed by atoms with van der Waals surface area (Å²) in [6, 6.07) is 4.31. The summed E-state index contributed by atoms with van der Waals surface area (Å²) >= 11 is 0. The lowest BCUT2D eigenvalue weighted by molar-refractivity contribution is 0.442. The number of hydrogen-bond donors (Lipinski definition) is 0. The molecule has 2 rings (SSSR count). The maximum absolute atomic E-state index is 13.6. The lowest BCUT2D eigenvalue weighted by Crippen LogP contribution is -2.18. The molecular formula is C12H6F3N3O. The third-order valence-electron chi connectivity index (χ3n) is 2.46. The third-order valence-corrected chi connectivity index (χ3v) is 2.46. The quantitative estimate of drug-likeness (QED) is 0.739. The predicted octanol–water partition coefficient (Wildman–Crippen LogP) is 1.83. The molecule has 0 radical (unpaired) electrons. The van der Waals surface area contributed by atoms with Gasteiger partial charge in [0.05, 0.1) is 0 Å². The number of hydrogen-bond acceptors (Lipinski definition) is 3. The topological polar surface area (TPSA) is 58.7 Å². The van der Waals surface area contributed by atoms with Crippen LogP contribution in [0.2, 0.25) is 0 Å². The number of nitrogens with zero attached hydrogens (tertiary/aromatic N) is 3. The first kappa shape index (κ1) is 12.8. The minimum absolute atomic E-state index is 0.189. The van der Waals surface area contributed by atoms with Crippen molar-refractivity contribution in [1.82, 2.24) is 9.78 Å². The fraction of sp³-hybridized carbons (Fsp3) is 0.0833. The number of rotatable bonds is 1.